The number of aromatic nitrogens is 1. The Kier molecular flexibility index (Phi) is 3.62. The Balaban J connectivity index is 1.78. The maximum atomic E-state index is 5.30. The van der Waals surface area contributed by atoms with E-state index < -0.39 is 0 Å². The van der Waals surface area contributed by atoms with Crippen molar-refractivity contribution in [3.8, 4) is 11.1 Å². The molecule has 1 heterocycles. The zero-order chi connectivity index (χ0) is 21.1. The quantitative estimate of drug-likeness (QED) is 0.197. The summed E-state index contributed by atoms with van der Waals surface area (Å²) < 4.78 is 0. The molecule has 1 heteroatoms. The standard InChI is InChI=1S/C31H19N/c1-4-12-23-20(8-1)11-7-15-26(23)29-27-18-16-21-9-2-5-13-24(21)30(27)32-31-25-14-6-3-10-22(25)17-19-28(29)31/h1-19H. The molecule has 0 unspecified atom stereocenters. The Morgan fingerprint density at radius 1 is 0.344 bits per heavy atom. The van der Waals surface area contributed by atoms with Crippen molar-refractivity contribution in [3.05, 3.63) is 115 Å². The van der Waals surface area contributed by atoms with Gasteiger partial charge in [0.05, 0.1) is 11.0 Å². The van der Waals surface area contributed by atoms with Crippen molar-refractivity contribution in [2.45, 2.75) is 0 Å². The minimum absolute atomic E-state index is 1.06. The molecule has 0 saturated heterocycles. The fraction of sp³-hybridized carbons (Fsp3) is 0. The third-order valence-electron chi connectivity index (χ3n) is 6.62. The van der Waals surface area contributed by atoms with Crippen LogP contribution in [0.25, 0.3) is 65.3 Å². The molecule has 148 valence electrons. The summed E-state index contributed by atoms with van der Waals surface area (Å²) in [5.74, 6) is 0. The molecule has 1 nitrogen and oxygen atoms in total. The minimum Gasteiger partial charge on any atom is -0.246 e. The molecule has 0 fully saturated rings. The van der Waals surface area contributed by atoms with Crippen molar-refractivity contribution >= 4 is 54.1 Å². The third-order valence-corrected chi connectivity index (χ3v) is 6.62. The molecule has 6 aromatic carbocycles. The third kappa shape index (κ3) is 2.42. The average molecular weight is 406 g/mol. The Morgan fingerprint density at radius 3 is 1.41 bits per heavy atom. The first kappa shape index (κ1) is 17.5. The van der Waals surface area contributed by atoms with Crippen molar-refractivity contribution in [2.24, 2.45) is 0 Å². The predicted molar refractivity (Wildman–Crippen MR) is 137 cm³/mol. The van der Waals surface area contributed by atoms with Crippen LogP contribution in [-0.4, -0.2) is 4.98 Å². The number of hydrogen-bond acceptors (Lipinski definition) is 1. The highest BCUT2D eigenvalue weighted by Gasteiger charge is 2.16. The van der Waals surface area contributed by atoms with Crippen LogP contribution in [0, 0.1) is 0 Å². The van der Waals surface area contributed by atoms with E-state index in [1.165, 1.54) is 54.2 Å². The highest BCUT2D eigenvalue weighted by Crippen LogP contribution is 2.41. The lowest BCUT2D eigenvalue weighted by Crippen LogP contribution is -1.92. The zero-order valence-corrected chi connectivity index (χ0v) is 17.4. The smallest absolute Gasteiger partial charge is 0.0794 e. The summed E-state index contributed by atoms with van der Waals surface area (Å²) in [7, 11) is 0. The Morgan fingerprint density at radius 2 is 0.812 bits per heavy atom. The normalized spacial score (nSPS) is 11.8. The van der Waals surface area contributed by atoms with Crippen LogP contribution in [0.5, 0.6) is 0 Å². The summed E-state index contributed by atoms with van der Waals surface area (Å²) in [5.41, 5.74) is 4.65. The minimum atomic E-state index is 1.06. The lowest BCUT2D eigenvalue weighted by atomic mass is 9.90. The molecule has 32 heavy (non-hydrogen) atoms. The van der Waals surface area contributed by atoms with E-state index in [0.717, 1.165) is 11.0 Å². The first-order chi connectivity index (χ1) is 15.9. The van der Waals surface area contributed by atoms with E-state index in [0.29, 0.717) is 0 Å². The number of benzene rings is 6. The van der Waals surface area contributed by atoms with Crippen molar-refractivity contribution < 1.29 is 0 Å². The van der Waals surface area contributed by atoms with Crippen LogP contribution >= 0.6 is 0 Å². The molecule has 0 spiro atoms. The summed E-state index contributed by atoms with van der Waals surface area (Å²) in [6.07, 6.45) is 0. The molecular weight excluding hydrogens is 386 g/mol. The second-order valence-electron chi connectivity index (χ2n) is 8.38. The second-order valence-corrected chi connectivity index (χ2v) is 8.38. The van der Waals surface area contributed by atoms with Gasteiger partial charge in [-0.15, -0.1) is 0 Å². The fourth-order valence-corrected chi connectivity index (χ4v) is 5.15. The molecule has 0 aliphatic carbocycles. The van der Waals surface area contributed by atoms with E-state index in [1.807, 2.05) is 0 Å². The van der Waals surface area contributed by atoms with Crippen LogP contribution < -0.4 is 0 Å². The summed E-state index contributed by atoms with van der Waals surface area (Å²) in [6, 6.07) is 41.3. The van der Waals surface area contributed by atoms with Gasteiger partial charge in [0.15, 0.2) is 0 Å². The predicted octanol–water partition coefficient (Wildman–Crippen LogP) is 8.51. The van der Waals surface area contributed by atoms with E-state index >= 15 is 0 Å². The van der Waals surface area contributed by atoms with Gasteiger partial charge in [0.2, 0.25) is 0 Å². The van der Waals surface area contributed by atoms with Gasteiger partial charge >= 0.3 is 0 Å². The van der Waals surface area contributed by atoms with Gasteiger partial charge in [-0.25, -0.2) is 4.98 Å². The van der Waals surface area contributed by atoms with Crippen LogP contribution in [0.15, 0.2) is 115 Å². The molecule has 7 rings (SSSR count). The van der Waals surface area contributed by atoms with Crippen LogP contribution in [0.4, 0.5) is 0 Å². The van der Waals surface area contributed by atoms with Gasteiger partial charge in [-0.2, -0.15) is 0 Å². The monoisotopic (exact) mass is 405 g/mol. The summed E-state index contributed by atoms with van der Waals surface area (Å²) in [4.78, 5) is 5.30. The van der Waals surface area contributed by atoms with Crippen LogP contribution in [0.1, 0.15) is 0 Å². The van der Waals surface area contributed by atoms with E-state index in [1.54, 1.807) is 0 Å². The summed E-state index contributed by atoms with van der Waals surface area (Å²) in [6.45, 7) is 0. The average Bonchev–Trinajstić information content (AvgIpc) is 2.87. The van der Waals surface area contributed by atoms with Gasteiger partial charge in [0.25, 0.3) is 0 Å². The molecule has 1 aromatic heterocycles. The first-order valence-corrected chi connectivity index (χ1v) is 11.0. The Hall–Kier alpha value is -4.23. The van der Waals surface area contributed by atoms with Crippen LogP contribution in [0.2, 0.25) is 0 Å². The number of nitrogens with zero attached hydrogens (tertiary/aromatic N) is 1. The van der Waals surface area contributed by atoms with E-state index in [9.17, 15) is 0 Å². The van der Waals surface area contributed by atoms with E-state index in [4.69, 9.17) is 4.98 Å². The van der Waals surface area contributed by atoms with Gasteiger partial charge in [-0.3, -0.25) is 0 Å². The number of hydrogen-bond donors (Lipinski definition) is 0. The maximum Gasteiger partial charge on any atom is 0.0794 e. The van der Waals surface area contributed by atoms with Gasteiger partial charge in [-0.05, 0) is 27.1 Å². The SMILES string of the molecule is c1ccc2c(-c3c4ccc5ccccc5c4nc4c3ccc3ccccc34)cccc2c1. The topological polar surface area (TPSA) is 12.9 Å². The van der Waals surface area contributed by atoms with Crippen LogP contribution in [-0.2, 0) is 0 Å². The van der Waals surface area contributed by atoms with Gasteiger partial charge in [-0.1, -0.05) is 115 Å². The summed E-state index contributed by atoms with van der Waals surface area (Å²) in [5, 5.41) is 9.75. The van der Waals surface area contributed by atoms with Crippen molar-refractivity contribution in [2.75, 3.05) is 0 Å². The highest BCUT2D eigenvalue weighted by atomic mass is 14.7. The molecule has 0 bridgehead atoms. The van der Waals surface area contributed by atoms with Gasteiger partial charge in [0, 0.05) is 27.1 Å². The molecule has 0 saturated carbocycles. The zero-order valence-electron chi connectivity index (χ0n) is 17.4. The Labute approximate surface area is 185 Å². The lowest BCUT2D eigenvalue weighted by Gasteiger charge is -2.16. The van der Waals surface area contributed by atoms with E-state index in [-0.39, 0.29) is 0 Å². The second kappa shape index (κ2) is 6.63. The molecule has 0 amide bonds. The number of fused-ring (bicyclic) bond motifs is 7. The van der Waals surface area contributed by atoms with Crippen molar-refractivity contribution in [1.82, 2.24) is 4.98 Å². The molecule has 0 N–H and O–H groups in total. The first-order valence-electron chi connectivity index (χ1n) is 11.0. The molecule has 0 aliphatic rings. The van der Waals surface area contributed by atoms with E-state index in [2.05, 4.69) is 115 Å². The van der Waals surface area contributed by atoms with Gasteiger partial charge in [0.1, 0.15) is 0 Å². The number of pyridine rings is 1. The fourth-order valence-electron chi connectivity index (χ4n) is 5.15. The summed E-state index contributed by atoms with van der Waals surface area (Å²) >= 11 is 0. The largest absolute Gasteiger partial charge is 0.246 e. The molecule has 0 atom stereocenters. The number of rotatable bonds is 1. The molecule has 0 radical (unpaired) electrons. The van der Waals surface area contributed by atoms with Crippen LogP contribution in [0.3, 0.4) is 0 Å². The van der Waals surface area contributed by atoms with Crippen molar-refractivity contribution in [3.63, 3.8) is 0 Å². The Bertz CT molecular complexity index is 1730. The highest BCUT2D eigenvalue weighted by molar-refractivity contribution is 6.23. The molecule has 0 aliphatic heterocycles. The molecular formula is C31H19N. The van der Waals surface area contributed by atoms with Crippen molar-refractivity contribution in [1.29, 1.82) is 0 Å². The molecule has 7 aromatic rings. The van der Waals surface area contributed by atoms with Gasteiger partial charge < -0.3 is 0 Å². The lowest BCUT2D eigenvalue weighted by molar-refractivity contribution is 1.53. The maximum absolute atomic E-state index is 5.30.